The highest BCUT2D eigenvalue weighted by atomic mass is 19.4. The Morgan fingerprint density at radius 3 is 1.05 bits per heavy atom. The van der Waals surface area contributed by atoms with Crippen LogP contribution in [0.1, 0.15) is 19.3 Å². The Morgan fingerprint density at radius 1 is 0.447 bits per heavy atom. The monoisotopic (exact) mass is 612 g/mol. The molecule has 0 atom stereocenters. The lowest BCUT2D eigenvalue weighted by Gasteiger charge is -2.44. The molecule has 0 aromatic heterocycles. The quantitative estimate of drug-likeness (QED) is 0.205. The molecular weight excluding hydrogens is 603 g/mol. The molecule has 0 N–H and O–H groups in total. The first-order valence-corrected chi connectivity index (χ1v) is 9.14. The van der Waals surface area contributed by atoms with Crippen LogP contribution in [0.3, 0.4) is 0 Å². The zero-order valence-electron chi connectivity index (χ0n) is 17.3. The highest BCUT2D eigenvalue weighted by Crippen LogP contribution is 2.66. The highest BCUT2D eigenvalue weighted by molar-refractivity contribution is 5.23. The topological polar surface area (TPSA) is 0 Å². The normalized spacial score (nSPS) is 17.8. The standard InChI is InChI=1S/C17H9F21/c18-8(19,6-5-7-3-1-2-4-7)9(20,21)10(22,23)11(24,25)12(26,27)13(28,29)14(30,31)15(32,33)16(34,35)17(36,37)38/h1-3H,4-6H2. The molecule has 224 valence electrons. The van der Waals surface area contributed by atoms with E-state index in [1.54, 1.807) is 0 Å². The Bertz CT molecular complexity index is 932. The molecule has 0 amide bonds. The molecule has 1 aliphatic carbocycles. The van der Waals surface area contributed by atoms with Gasteiger partial charge in [-0.2, -0.15) is 92.2 Å². The van der Waals surface area contributed by atoms with Gasteiger partial charge >= 0.3 is 59.5 Å². The van der Waals surface area contributed by atoms with E-state index in [1.807, 2.05) is 0 Å². The van der Waals surface area contributed by atoms with Gasteiger partial charge in [-0.05, 0) is 12.8 Å². The minimum atomic E-state index is -9.14. The Balaban J connectivity index is 3.61. The van der Waals surface area contributed by atoms with Gasteiger partial charge < -0.3 is 0 Å². The third-order valence-corrected chi connectivity index (χ3v) is 5.18. The first-order valence-electron chi connectivity index (χ1n) is 9.14. The van der Waals surface area contributed by atoms with Gasteiger partial charge in [0, 0.05) is 6.42 Å². The Kier molecular flexibility index (Phi) is 8.08. The van der Waals surface area contributed by atoms with Crippen molar-refractivity contribution in [3.05, 3.63) is 23.8 Å². The van der Waals surface area contributed by atoms with Crippen molar-refractivity contribution in [2.45, 2.75) is 78.7 Å². The fourth-order valence-corrected chi connectivity index (χ4v) is 2.74. The van der Waals surface area contributed by atoms with Crippen molar-refractivity contribution >= 4 is 0 Å². The molecule has 1 aliphatic rings. The molecule has 0 fully saturated rings. The SMILES string of the molecule is FC(F)(F)C(F)(F)C(F)(F)C(F)(F)C(F)(F)C(F)(F)C(F)(F)C(F)(F)C(F)(F)C(F)(F)CCC1=CC=CC1. The molecule has 0 saturated heterocycles. The number of halogens is 21. The van der Waals surface area contributed by atoms with E-state index in [1.165, 1.54) is 0 Å². The summed E-state index contributed by atoms with van der Waals surface area (Å²) in [6.07, 6.45) is -9.05. The second-order valence-electron chi connectivity index (χ2n) is 7.75. The third-order valence-electron chi connectivity index (χ3n) is 5.18. The maximum absolute atomic E-state index is 13.7. The van der Waals surface area contributed by atoms with Crippen molar-refractivity contribution in [3.8, 4) is 0 Å². The summed E-state index contributed by atoms with van der Waals surface area (Å²) in [6.45, 7) is 0. The van der Waals surface area contributed by atoms with Crippen molar-refractivity contribution in [3.63, 3.8) is 0 Å². The summed E-state index contributed by atoms with van der Waals surface area (Å²) in [4.78, 5) is 0. The van der Waals surface area contributed by atoms with Gasteiger partial charge in [0.1, 0.15) is 0 Å². The smallest absolute Gasteiger partial charge is 0.200 e. The Hall–Kier alpha value is -1.99. The van der Waals surface area contributed by atoms with E-state index in [-0.39, 0.29) is 12.0 Å². The summed E-state index contributed by atoms with van der Waals surface area (Å²) in [5.74, 6) is -76.4. The van der Waals surface area contributed by atoms with E-state index in [2.05, 4.69) is 0 Å². The molecule has 0 spiro atoms. The van der Waals surface area contributed by atoms with Crippen LogP contribution in [0.4, 0.5) is 92.2 Å². The van der Waals surface area contributed by atoms with E-state index in [0.29, 0.717) is 0 Å². The van der Waals surface area contributed by atoms with Crippen LogP contribution in [0.15, 0.2) is 23.8 Å². The van der Waals surface area contributed by atoms with Crippen LogP contribution in [0.25, 0.3) is 0 Å². The van der Waals surface area contributed by atoms with E-state index >= 15 is 0 Å². The molecule has 1 rings (SSSR count). The molecule has 0 aromatic rings. The number of alkyl halides is 21. The first kappa shape index (κ1) is 34.0. The number of hydrogen-bond acceptors (Lipinski definition) is 0. The predicted octanol–water partition coefficient (Wildman–Crippen LogP) is 8.93. The lowest BCUT2D eigenvalue weighted by molar-refractivity contribution is -0.474. The van der Waals surface area contributed by atoms with E-state index in [4.69, 9.17) is 0 Å². The minimum Gasteiger partial charge on any atom is -0.200 e. The molecule has 0 unspecified atom stereocenters. The third kappa shape index (κ3) is 4.38. The fraction of sp³-hybridized carbons (Fsp3) is 0.765. The molecule has 0 saturated carbocycles. The second-order valence-corrected chi connectivity index (χ2v) is 7.75. The number of allylic oxidation sites excluding steroid dienone is 4. The van der Waals surface area contributed by atoms with Gasteiger partial charge in [0.25, 0.3) is 0 Å². The average molecular weight is 612 g/mol. The molecule has 0 aliphatic heterocycles. The first-order chi connectivity index (χ1) is 16.3. The zero-order chi connectivity index (χ0) is 30.8. The zero-order valence-corrected chi connectivity index (χ0v) is 17.3. The summed E-state index contributed by atoms with van der Waals surface area (Å²) in [6, 6.07) is 0. The second kappa shape index (κ2) is 9.02. The highest BCUT2D eigenvalue weighted by Gasteiger charge is 2.97. The van der Waals surface area contributed by atoms with Crippen molar-refractivity contribution in [1.29, 1.82) is 0 Å². The van der Waals surface area contributed by atoms with E-state index < -0.39 is 72.3 Å². The predicted molar refractivity (Wildman–Crippen MR) is 81.7 cm³/mol. The lowest BCUT2D eigenvalue weighted by Crippen LogP contribution is -2.76. The van der Waals surface area contributed by atoms with Crippen LogP contribution in [-0.2, 0) is 0 Å². The van der Waals surface area contributed by atoms with Crippen LogP contribution < -0.4 is 0 Å². The Labute approximate surface area is 196 Å². The van der Waals surface area contributed by atoms with Gasteiger partial charge in [-0.3, -0.25) is 0 Å². The largest absolute Gasteiger partial charge is 0.460 e. The summed E-state index contributed by atoms with van der Waals surface area (Å²) < 4.78 is 278. The molecule has 0 nitrogen and oxygen atoms in total. The van der Waals surface area contributed by atoms with Crippen molar-refractivity contribution in [2.24, 2.45) is 0 Å². The summed E-state index contributed by atoms with van der Waals surface area (Å²) in [5, 5.41) is 0. The molecule has 0 bridgehead atoms. The van der Waals surface area contributed by atoms with E-state index in [0.717, 1.165) is 18.2 Å². The minimum absolute atomic E-state index is 0.264. The summed E-state index contributed by atoms with van der Waals surface area (Å²) >= 11 is 0. The van der Waals surface area contributed by atoms with Gasteiger partial charge in [-0.25, -0.2) is 0 Å². The van der Waals surface area contributed by atoms with Gasteiger partial charge in [-0.1, -0.05) is 23.8 Å². The van der Waals surface area contributed by atoms with Gasteiger partial charge in [0.05, 0.1) is 0 Å². The average Bonchev–Trinajstić information content (AvgIpc) is 3.24. The lowest BCUT2D eigenvalue weighted by atomic mass is 9.85. The maximum Gasteiger partial charge on any atom is 0.460 e. The molecule has 21 heteroatoms. The summed E-state index contributed by atoms with van der Waals surface area (Å²) in [5.41, 5.74) is -0.264. The maximum atomic E-state index is 13.7. The van der Waals surface area contributed by atoms with Gasteiger partial charge in [0.15, 0.2) is 0 Å². The van der Waals surface area contributed by atoms with Crippen LogP contribution in [0.2, 0.25) is 0 Å². The Morgan fingerprint density at radius 2 is 0.763 bits per heavy atom. The van der Waals surface area contributed by atoms with Crippen molar-refractivity contribution < 1.29 is 92.2 Å². The van der Waals surface area contributed by atoms with Crippen LogP contribution >= 0.6 is 0 Å². The van der Waals surface area contributed by atoms with Gasteiger partial charge in [0.2, 0.25) is 0 Å². The fourth-order valence-electron chi connectivity index (χ4n) is 2.74. The van der Waals surface area contributed by atoms with Crippen molar-refractivity contribution in [2.75, 3.05) is 0 Å². The molecule has 0 aromatic carbocycles. The number of rotatable bonds is 11. The molecule has 0 radical (unpaired) electrons. The summed E-state index contributed by atoms with van der Waals surface area (Å²) in [7, 11) is 0. The number of hydrogen-bond donors (Lipinski definition) is 0. The van der Waals surface area contributed by atoms with Crippen LogP contribution in [-0.4, -0.2) is 59.5 Å². The van der Waals surface area contributed by atoms with Gasteiger partial charge in [-0.15, -0.1) is 0 Å². The van der Waals surface area contributed by atoms with E-state index in [9.17, 15) is 92.2 Å². The van der Waals surface area contributed by atoms with Crippen LogP contribution in [0.5, 0.6) is 0 Å². The molecular formula is C17H9F21. The molecule has 38 heavy (non-hydrogen) atoms. The molecule has 0 heterocycles. The van der Waals surface area contributed by atoms with Crippen molar-refractivity contribution in [1.82, 2.24) is 0 Å². The van der Waals surface area contributed by atoms with Crippen LogP contribution in [0, 0.1) is 0 Å².